The summed E-state index contributed by atoms with van der Waals surface area (Å²) < 4.78 is 16.8. The highest BCUT2D eigenvalue weighted by atomic mass is 35.5. The number of benzene rings is 3. The van der Waals surface area contributed by atoms with Crippen LogP contribution >= 0.6 is 11.6 Å². The summed E-state index contributed by atoms with van der Waals surface area (Å²) in [5, 5.41) is 2.80. The van der Waals surface area contributed by atoms with Gasteiger partial charge < -0.3 is 19.6 Å². The molecule has 1 amide bonds. The van der Waals surface area contributed by atoms with E-state index in [1.807, 2.05) is 54.3 Å². The summed E-state index contributed by atoms with van der Waals surface area (Å²) in [6, 6.07) is 15.8. The van der Waals surface area contributed by atoms with E-state index in [0.29, 0.717) is 46.9 Å². The molecule has 2 fully saturated rings. The number of nitrogens with zero attached hydrogens (tertiary/aromatic N) is 6. The van der Waals surface area contributed by atoms with Crippen LogP contribution in [0.2, 0.25) is 5.02 Å². The second-order valence-electron chi connectivity index (χ2n) is 11.4. The number of aromatic nitrogens is 2. The molecule has 3 aromatic carbocycles. The number of anilines is 2. The summed E-state index contributed by atoms with van der Waals surface area (Å²) >= 11 is 6.90. The highest BCUT2D eigenvalue weighted by Crippen LogP contribution is 2.42. The molecular formula is C32H34ClFN6O. The Morgan fingerprint density at radius 2 is 1.76 bits per heavy atom. The molecule has 212 valence electrons. The third kappa shape index (κ3) is 4.69. The molecule has 0 spiro atoms. The van der Waals surface area contributed by atoms with E-state index in [-0.39, 0.29) is 23.5 Å². The predicted octanol–water partition coefficient (Wildman–Crippen LogP) is 5.60. The molecule has 0 bridgehead atoms. The number of likely N-dealkylation sites (N-methyl/N-ethyl adjacent to an activating group) is 1. The average Bonchev–Trinajstić information content (AvgIpc) is 2.93. The molecular weight excluding hydrogens is 539 g/mol. The fraction of sp³-hybridized carbons (Fsp3) is 0.344. The molecule has 41 heavy (non-hydrogen) atoms. The molecule has 0 aliphatic carbocycles. The van der Waals surface area contributed by atoms with E-state index in [0.717, 1.165) is 29.4 Å². The summed E-state index contributed by atoms with van der Waals surface area (Å²) in [5.41, 5.74) is 1.31. The Morgan fingerprint density at radius 1 is 1.02 bits per heavy atom. The maximum atomic E-state index is 16.8. The van der Waals surface area contributed by atoms with Crippen LogP contribution in [0, 0.1) is 5.82 Å². The molecule has 0 unspecified atom stereocenters. The maximum Gasteiger partial charge on any atom is 0.246 e. The van der Waals surface area contributed by atoms with Gasteiger partial charge in [-0.25, -0.2) is 9.37 Å². The third-order valence-corrected chi connectivity index (χ3v) is 8.80. The van der Waals surface area contributed by atoms with Crippen LogP contribution in [0.15, 0.2) is 61.2 Å². The molecule has 9 heteroatoms. The SMILES string of the molecule is C=CC(=O)N1C[C@H](C)N(c2nc(N3CC(N(C)C)C3)nc3c(F)c(-c4cccc5ccccc45)c(Cl)cc23)C[C@H]1C. The van der Waals surface area contributed by atoms with E-state index in [4.69, 9.17) is 21.6 Å². The summed E-state index contributed by atoms with van der Waals surface area (Å²) in [5.74, 6) is 0.578. The van der Waals surface area contributed by atoms with Crippen LogP contribution in [0.1, 0.15) is 13.8 Å². The lowest BCUT2D eigenvalue weighted by molar-refractivity contribution is -0.128. The monoisotopic (exact) mass is 572 g/mol. The van der Waals surface area contributed by atoms with Crippen molar-refractivity contribution in [2.75, 3.05) is 50.1 Å². The van der Waals surface area contributed by atoms with Crippen molar-refractivity contribution in [1.29, 1.82) is 0 Å². The molecule has 2 aliphatic rings. The Labute approximate surface area is 244 Å². The molecule has 2 saturated heterocycles. The van der Waals surface area contributed by atoms with Crippen molar-refractivity contribution in [2.24, 2.45) is 0 Å². The highest BCUT2D eigenvalue weighted by Gasteiger charge is 2.36. The smallest absolute Gasteiger partial charge is 0.246 e. The summed E-state index contributed by atoms with van der Waals surface area (Å²) in [4.78, 5) is 30.6. The largest absolute Gasteiger partial charge is 0.349 e. The first kappa shape index (κ1) is 27.4. The number of piperazine rings is 1. The Kier molecular flexibility index (Phi) is 7.08. The molecule has 0 N–H and O–H groups in total. The molecule has 2 aliphatic heterocycles. The van der Waals surface area contributed by atoms with Crippen molar-refractivity contribution in [2.45, 2.75) is 32.0 Å². The van der Waals surface area contributed by atoms with Gasteiger partial charge in [0.2, 0.25) is 11.9 Å². The van der Waals surface area contributed by atoms with Gasteiger partial charge in [-0.15, -0.1) is 0 Å². The second-order valence-corrected chi connectivity index (χ2v) is 11.8. The van der Waals surface area contributed by atoms with E-state index in [1.54, 1.807) is 6.07 Å². The number of halogens is 2. The third-order valence-electron chi connectivity index (χ3n) is 8.50. The van der Waals surface area contributed by atoms with Crippen LogP contribution in [-0.2, 0) is 4.79 Å². The quantitative estimate of drug-likeness (QED) is 0.290. The zero-order chi connectivity index (χ0) is 29.0. The number of hydrogen-bond acceptors (Lipinski definition) is 6. The van der Waals surface area contributed by atoms with Gasteiger partial charge in [-0.05, 0) is 56.4 Å². The van der Waals surface area contributed by atoms with Gasteiger partial charge in [0, 0.05) is 55.3 Å². The minimum Gasteiger partial charge on any atom is -0.349 e. The summed E-state index contributed by atoms with van der Waals surface area (Å²) in [6.07, 6.45) is 1.35. The topological polar surface area (TPSA) is 55.8 Å². The number of rotatable bonds is 5. The van der Waals surface area contributed by atoms with E-state index >= 15 is 4.39 Å². The van der Waals surface area contributed by atoms with Crippen LogP contribution in [0.25, 0.3) is 32.8 Å². The molecule has 6 rings (SSSR count). The Hall–Kier alpha value is -3.75. The number of amides is 1. The lowest BCUT2D eigenvalue weighted by Crippen LogP contribution is -2.59. The molecule has 3 heterocycles. The van der Waals surface area contributed by atoms with Crippen LogP contribution in [0.4, 0.5) is 16.2 Å². The van der Waals surface area contributed by atoms with Crippen LogP contribution in [0.5, 0.6) is 0 Å². The Morgan fingerprint density at radius 3 is 2.49 bits per heavy atom. The van der Waals surface area contributed by atoms with Gasteiger partial charge in [-0.1, -0.05) is 60.6 Å². The van der Waals surface area contributed by atoms with Crippen molar-refractivity contribution in [1.82, 2.24) is 19.8 Å². The fourth-order valence-electron chi connectivity index (χ4n) is 6.01. The lowest BCUT2D eigenvalue weighted by Gasteiger charge is -2.45. The first-order chi connectivity index (χ1) is 19.7. The Bertz CT molecular complexity index is 1660. The number of carbonyl (C=O) groups is 1. The van der Waals surface area contributed by atoms with Crippen molar-refractivity contribution in [3.05, 3.63) is 72.0 Å². The number of carbonyl (C=O) groups excluding carboxylic acids is 1. The van der Waals surface area contributed by atoms with Gasteiger partial charge in [-0.3, -0.25) is 4.79 Å². The minimum atomic E-state index is -0.459. The van der Waals surface area contributed by atoms with Crippen LogP contribution in [-0.4, -0.2) is 84.1 Å². The normalized spacial score (nSPS) is 19.7. The molecule has 2 atom stereocenters. The van der Waals surface area contributed by atoms with E-state index in [2.05, 4.69) is 42.3 Å². The van der Waals surface area contributed by atoms with E-state index < -0.39 is 5.82 Å². The molecule has 7 nitrogen and oxygen atoms in total. The van der Waals surface area contributed by atoms with Gasteiger partial charge in [0.25, 0.3) is 0 Å². The molecule has 0 radical (unpaired) electrons. The molecule has 1 aromatic heterocycles. The predicted molar refractivity (Wildman–Crippen MR) is 165 cm³/mol. The lowest BCUT2D eigenvalue weighted by atomic mass is 9.96. The first-order valence-corrected chi connectivity index (χ1v) is 14.3. The van der Waals surface area contributed by atoms with Crippen molar-refractivity contribution in [3.8, 4) is 11.1 Å². The standard InChI is InChI=1S/C32H34ClFN6O/c1-6-27(41)39-15-20(3)40(16-19(39)2)31-25-14-26(33)28(24-13-9-11-21-10-7-8-12-23(21)24)29(34)30(25)35-32(36-31)38-17-22(18-38)37(4)5/h6-14,19-20,22H,1,15-18H2,2-5H3/t19-,20+/m1/s1. The highest BCUT2D eigenvalue weighted by molar-refractivity contribution is 6.35. The number of hydrogen-bond donors (Lipinski definition) is 0. The van der Waals surface area contributed by atoms with Gasteiger partial charge in [0.05, 0.1) is 5.02 Å². The van der Waals surface area contributed by atoms with E-state index in [9.17, 15) is 4.79 Å². The summed E-state index contributed by atoms with van der Waals surface area (Å²) in [7, 11) is 4.11. The first-order valence-electron chi connectivity index (χ1n) is 14.0. The van der Waals surface area contributed by atoms with Crippen molar-refractivity contribution >= 4 is 50.9 Å². The van der Waals surface area contributed by atoms with Crippen molar-refractivity contribution in [3.63, 3.8) is 0 Å². The van der Waals surface area contributed by atoms with Crippen LogP contribution in [0.3, 0.4) is 0 Å². The maximum absolute atomic E-state index is 16.8. The molecule has 0 saturated carbocycles. The summed E-state index contributed by atoms with van der Waals surface area (Å²) in [6.45, 7) is 10.3. The second kappa shape index (κ2) is 10.6. The zero-order valence-electron chi connectivity index (χ0n) is 23.8. The fourth-order valence-corrected chi connectivity index (χ4v) is 6.30. The average molecular weight is 573 g/mol. The van der Waals surface area contributed by atoms with Gasteiger partial charge in [-0.2, -0.15) is 4.98 Å². The van der Waals surface area contributed by atoms with Gasteiger partial charge in [0.1, 0.15) is 11.3 Å². The van der Waals surface area contributed by atoms with Gasteiger partial charge in [0.15, 0.2) is 5.82 Å². The number of fused-ring (bicyclic) bond motifs is 2. The minimum absolute atomic E-state index is 0.0634. The van der Waals surface area contributed by atoms with Crippen molar-refractivity contribution < 1.29 is 9.18 Å². The van der Waals surface area contributed by atoms with E-state index in [1.165, 1.54) is 6.08 Å². The molecule has 4 aromatic rings. The Balaban J connectivity index is 1.53. The van der Waals surface area contributed by atoms with Gasteiger partial charge >= 0.3 is 0 Å². The van der Waals surface area contributed by atoms with Crippen LogP contribution < -0.4 is 9.80 Å². The zero-order valence-corrected chi connectivity index (χ0v) is 24.6.